The Balaban J connectivity index is 1.20. The van der Waals surface area contributed by atoms with Crippen LogP contribution in [0.25, 0.3) is 0 Å². The van der Waals surface area contributed by atoms with Gasteiger partial charge in [-0.15, -0.1) is 0 Å². The lowest BCUT2D eigenvalue weighted by molar-refractivity contribution is -0.254. The van der Waals surface area contributed by atoms with Crippen molar-refractivity contribution in [3.8, 4) is 11.5 Å². The van der Waals surface area contributed by atoms with Crippen LogP contribution in [-0.4, -0.2) is 64.9 Å². The van der Waals surface area contributed by atoms with Gasteiger partial charge in [-0.2, -0.15) is 5.06 Å². The number of nitrogens with zero attached hydrogens (tertiary/aromatic N) is 1. The van der Waals surface area contributed by atoms with Crippen LogP contribution in [0.1, 0.15) is 45.1 Å². The number of hydrogen-bond acceptors (Lipinski definition) is 8. The molecular weight excluding hydrogens is 498 g/mol. The van der Waals surface area contributed by atoms with Crippen molar-refractivity contribution in [3.63, 3.8) is 0 Å². The van der Waals surface area contributed by atoms with E-state index in [4.69, 9.17) is 14.3 Å². The van der Waals surface area contributed by atoms with Gasteiger partial charge in [0, 0.05) is 35.8 Å². The van der Waals surface area contributed by atoms with E-state index in [-0.39, 0.29) is 40.7 Å². The molecule has 8 atom stereocenters. The second-order valence-electron chi connectivity index (χ2n) is 12.9. The quantitative estimate of drug-likeness (QED) is 0.606. The molecule has 7 rings (SSSR count). The van der Waals surface area contributed by atoms with Crippen molar-refractivity contribution in [2.75, 3.05) is 26.4 Å². The van der Waals surface area contributed by atoms with E-state index in [2.05, 4.69) is 13.8 Å². The number of rotatable bonds is 4. The minimum atomic E-state index is -1.18. The lowest BCUT2D eigenvalue weighted by Gasteiger charge is -2.59. The minimum Gasteiger partial charge on any atom is -0.486 e. The topological polar surface area (TPSA) is 106 Å². The highest BCUT2D eigenvalue weighted by Gasteiger charge is 2.75. The first-order valence-corrected chi connectivity index (χ1v) is 14.3. The lowest BCUT2D eigenvalue weighted by Crippen LogP contribution is -2.63. The number of ketones is 2. The Morgan fingerprint density at radius 3 is 2.77 bits per heavy atom. The zero-order chi connectivity index (χ0) is 27.2. The fraction of sp³-hybridized carbons (Fsp3) is 0.613. The molecule has 1 aromatic rings. The number of aliphatic hydroxyl groups excluding tert-OH is 2. The maximum absolute atomic E-state index is 13.7. The monoisotopic (exact) mass is 535 g/mol. The van der Waals surface area contributed by atoms with Gasteiger partial charge in [0.05, 0.1) is 6.10 Å². The van der Waals surface area contributed by atoms with Crippen LogP contribution in [0.2, 0.25) is 0 Å². The van der Waals surface area contributed by atoms with Gasteiger partial charge in [0.1, 0.15) is 19.8 Å². The van der Waals surface area contributed by atoms with Gasteiger partial charge in [0.25, 0.3) is 0 Å². The Morgan fingerprint density at radius 2 is 1.97 bits per heavy atom. The predicted octanol–water partition coefficient (Wildman–Crippen LogP) is 3.01. The van der Waals surface area contributed by atoms with Gasteiger partial charge in [-0.1, -0.05) is 31.6 Å². The highest BCUT2D eigenvalue weighted by atomic mass is 16.7. The highest BCUT2D eigenvalue weighted by Crippen LogP contribution is 2.70. The largest absolute Gasteiger partial charge is 0.486 e. The predicted molar refractivity (Wildman–Crippen MR) is 141 cm³/mol. The summed E-state index contributed by atoms with van der Waals surface area (Å²) in [5, 5.41) is 23.8. The maximum Gasteiger partial charge on any atom is 0.192 e. The summed E-state index contributed by atoms with van der Waals surface area (Å²) in [4.78, 5) is 32.5. The molecule has 0 radical (unpaired) electrons. The maximum atomic E-state index is 13.7. The summed E-state index contributed by atoms with van der Waals surface area (Å²) >= 11 is 0. The summed E-state index contributed by atoms with van der Waals surface area (Å²) in [6.07, 6.45) is 7.68. The fourth-order valence-corrected chi connectivity index (χ4v) is 9.54. The number of allylic oxidation sites excluding steroid dienone is 4. The summed E-state index contributed by atoms with van der Waals surface area (Å²) in [6, 6.07) is 5.85. The Hall–Kier alpha value is -2.52. The highest BCUT2D eigenvalue weighted by molar-refractivity contribution is 6.01. The molecule has 8 heteroatoms. The summed E-state index contributed by atoms with van der Waals surface area (Å²) in [5.41, 5.74) is -0.0591. The molecule has 6 aliphatic rings. The van der Waals surface area contributed by atoms with E-state index in [0.29, 0.717) is 38.5 Å². The molecule has 0 aromatic heterocycles. The first-order valence-electron chi connectivity index (χ1n) is 14.3. The average molecular weight is 536 g/mol. The number of aliphatic hydroxyl groups is 2. The van der Waals surface area contributed by atoms with Crippen molar-refractivity contribution in [2.45, 2.75) is 57.8 Å². The Labute approximate surface area is 228 Å². The Kier molecular flexibility index (Phi) is 5.70. The molecule has 4 aliphatic carbocycles. The Morgan fingerprint density at radius 1 is 1.18 bits per heavy atom. The van der Waals surface area contributed by atoms with E-state index in [0.717, 1.165) is 36.1 Å². The number of fused-ring (bicyclic) bond motifs is 8. The van der Waals surface area contributed by atoms with Gasteiger partial charge in [0.15, 0.2) is 28.7 Å². The van der Waals surface area contributed by atoms with Gasteiger partial charge in [0.2, 0.25) is 0 Å². The third-order valence-electron chi connectivity index (χ3n) is 11.1. The molecule has 1 saturated heterocycles. The standard InChI is InChI=1S/C31H37NO7/c1-29-8-7-21(34)12-19(29)4-5-22-23-13-20-16-32(15-18-3-6-25-26(11-18)38-10-9-37-25)39-31(20,27(36)17-33)30(23,2)14-24(35)28(22)29/h3,6-8,11-12,20,22-24,28,33,35H,4-5,9-10,13-17H2,1-2H3/t20-,22-,23-,24-,28+,29-,30-,31-/m0/s1. The number of hydrogen-bond donors (Lipinski definition) is 2. The summed E-state index contributed by atoms with van der Waals surface area (Å²) in [7, 11) is 0. The smallest absolute Gasteiger partial charge is 0.192 e. The third-order valence-corrected chi connectivity index (χ3v) is 11.1. The number of Topliss-reactive ketones (excluding diaryl/α,β-unsaturated/α-hetero) is 1. The normalized spacial score (nSPS) is 42.3. The zero-order valence-corrected chi connectivity index (χ0v) is 22.6. The first-order chi connectivity index (χ1) is 18.7. The van der Waals surface area contributed by atoms with Gasteiger partial charge in [-0.05, 0) is 67.4 Å². The van der Waals surface area contributed by atoms with Crippen LogP contribution < -0.4 is 9.47 Å². The molecule has 39 heavy (non-hydrogen) atoms. The van der Waals surface area contributed by atoms with E-state index < -0.39 is 23.7 Å². The van der Waals surface area contributed by atoms with Crippen molar-refractivity contribution >= 4 is 11.6 Å². The summed E-state index contributed by atoms with van der Waals surface area (Å²) < 4.78 is 11.4. The van der Waals surface area contributed by atoms with Crippen LogP contribution in [0.4, 0.5) is 0 Å². The fourth-order valence-electron chi connectivity index (χ4n) is 9.54. The molecule has 0 bridgehead atoms. The van der Waals surface area contributed by atoms with Crippen LogP contribution in [0.15, 0.2) is 42.0 Å². The first kappa shape index (κ1) is 25.4. The molecule has 0 amide bonds. The van der Waals surface area contributed by atoms with Crippen molar-refractivity contribution in [1.29, 1.82) is 0 Å². The molecule has 4 fully saturated rings. The number of benzene rings is 1. The van der Waals surface area contributed by atoms with Crippen LogP contribution >= 0.6 is 0 Å². The molecule has 2 aliphatic heterocycles. The van der Waals surface area contributed by atoms with Gasteiger partial charge in [-0.3, -0.25) is 14.4 Å². The minimum absolute atomic E-state index is 0.0189. The van der Waals surface area contributed by atoms with Crippen molar-refractivity contribution < 1.29 is 34.1 Å². The van der Waals surface area contributed by atoms with Gasteiger partial charge < -0.3 is 19.7 Å². The molecule has 2 heterocycles. The average Bonchev–Trinajstić information content (AvgIpc) is 3.40. The van der Waals surface area contributed by atoms with Crippen LogP contribution in [-0.2, 0) is 21.0 Å². The number of carbonyl (C=O) groups is 2. The van der Waals surface area contributed by atoms with Crippen LogP contribution in [0.5, 0.6) is 11.5 Å². The summed E-state index contributed by atoms with van der Waals surface area (Å²) in [6.45, 7) is 5.78. The van der Waals surface area contributed by atoms with E-state index in [1.807, 2.05) is 29.3 Å². The third kappa shape index (κ3) is 3.44. The molecule has 208 valence electrons. The van der Waals surface area contributed by atoms with E-state index in [9.17, 15) is 19.8 Å². The number of hydroxylamine groups is 2. The molecule has 0 spiro atoms. The molecule has 3 saturated carbocycles. The van der Waals surface area contributed by atoms with Crippen molar-refractivity contribution in [1.82, 2.24) is 5.06 Å². The molecule has 1 aromatic carbocycles. The van der Waals surface area contributed by atoms with E-state index >= 15 is 0 Å². The SMILES string of the molecule is C[C@]12C=CC(=O)C=C1CC[C@@H]1[C@@H]2[C@@H](O)C[C@@]2(C)[C@H]1C[C@H]1CN(Cc3ccc4c(c3)OCCO4)O[C@]12C(=O)CO. The molecule has 2 N–H and O–H groups in total. The second-order valence-corrected chi connectivity index (χ2v) is 12.9. The molecular formula is C31H37NO7. The van der Waals surface area contributed by atoms with Crippen molar-refractivity contribution in [3.05, 3.63) is 47.6 Å². The lowest BCUT2D eigenvalue weighted by atomic mass is 9.46. The summed E-state index contributed by atoms with van der Waals surface area (Å²) in [5.74, 6) is 1.44. The van der Waals surface area contributed by atoms with Crippen LogP contribution in [0.3, 0.4) is 0 Å². The number of carbonyl (C=O) groups excluding carboxylic acids is 2. The van der Waals surface area contributed by atoms with E-state index in [1.165, 1.54) is 0 Å². The van der Waals surface area contributed by atoms with E-state index in [1.54, 1.807) is 12.2 Å². The Bertz CT molecular complexity index is 1290. The van der Waals surface area contributed by atoms with Crippen molar-refractivity contribution in [2.24, 2.45) is 34.5 Å². The number of ether oxygens (including phenoxy) is 2. The van der Waals surface area contributed by atoms with Gasteiger partial charge in [-0.25, -0.2) is 0 Å². The second kappa shape index (κ2) is 8.74. The molecule has 8 nitrogen and oxygen atoms in total. The zero-order valence-electron chi connectivity index (χ0n) is 22.6. The van der Waals surface area contributed by atoms with Gasteiger partial charge >= 0.3 is 0 Å². The van der Waals surface area contributed by atoms with Crippen LogP contribution in [0, 0.1) is 34.5 Å². The molecule has 0 unspecified atom stereocenters.